The lowest BCUT2D eigenvalue weighted by Gasteiger charge is -2.09. The van der Waals surface area contributed by atoms with E-state index >= 15 is 0 Å². The molecule has 0 aliphatic carbocycles. The molecule has 0 N–H and O–H groups in total. The van der Waals surface area contributed by atoms with E-state index in [2.05, 4.69) is 32.2 Å². The Morgan fingerprint density at radius 1 is 1.00 bits per heavy atom. The molecule has 0 aliphatic rings. The van der Waals surface area contributed by atoms with Crippen molar-refractivity contribution >= 4 is 38.3 Å². The molecule has 3 rings (SSSR count). The third kappa shape index (κ3) is 2.76. The second-order valence-electron chi connectivity index (χ2n) is 4.23. The highest BCUT2D eigenvalue weighted by Crippen LogP contribution is 2.33. The number of benzene rings is 2. The van der Waals surface area contributed by atoms with E-state index in [9.17, 15) is 0 Å². The molecular weight excluding hydrogens is 340 g/mol. The molecule has 0 saturated heterocycles. The molecule has 0 bridgehead atoms. The van der Waals surface area contributed by atoms with Gasteiger partial charge < -0.3 is 4.74 Å². The second-order valence-corrected chi connectivity index (χ2v) is 5.42. The standard InChI is InChI=1S/C15H10BrClN2O/c16-15-12-4-2-1-3-10(12)5-7-13(15)20-9-11-6-8-14(17)19-18-11/h1-8H,9H2. The number of hydrogen-bond donors (Lipinski definition) is 0. The van der Waals surface area contributed by atoms with E-state index in [1.165, 1.54) is 0 Å². The Morgan fingerprint density at radius 3 is 2.65 bits per heavy atom. The minimum absolute atomic E-state index is 0.348. The summed E-state index contributed by atoms with van der Waals surface area (Å²) in [4.78, 5) is 0. The summed E-state index contributed by atoms with van der Waals surface area (Å²) in [5.74, 6) is 0.778. The molecule has 100 valence electrons. The Morgan fingerprint density at radius 2 is 1.85 bits per heavy atom. The van der Waals surface area contributed by atoms with Crippen LogP contribution in [0.5, 0.6) is 5.75 Å². The van der Waals surface area contributed by atoms with Crippen LogP contribution in [0.4, 0.5) is 0 Å². The fraction of sp³-hybridized carbons (Fsp3) is 0.0667. The molecule has 1 aromatic heterocycles. The lowest BCUT2D eigenvalue weighted by molar-refractivity contribution is 0.298. The van der Waals surface area contributed by atoms with Gasteiger partial charge in [-0.05, 0) is 44.9 Å². The van der Waals surface area contributed by atoms with Crippen molar-refractivity contribution in [3.05, 3.63) is 63.9 Å². The van der Waals surface area contributed by atoms with Gasteiger partial charge in [-0.3, -0.25) is 0 Å². The average Bonchev–Trinajstić information content (AvgIpc) is 2.49. The molecule has 1 heterocycles. The van der Waals surface area contributed by atoms with Crippen LogP contribution in [0.1, 0.15) is 5.69 Å². The van der Waals surface area contributed by atoms with Crippen molar-refractivity contribution in [2.75, 3.05) is 0 Å². The fourth-order valence-corrected chi connectivity index (χ4v) is 2.61. The molecular formula is C15H10BrClN2O. The zero-order valence-electron chi connectivity index (χ0n) is 10.4. The van der Waals surface area contributed by atoms with E-state index in [0.29, 0.717) is 11.8 Å². The van der Waals surface area contributed by atoms with Crippen molar-refractivity contribution in [1.29, 1.82) is 0 Å². The summed E-state index contributed by atoms with van der Waals surface area (Å²) in [5, 5.41) is 10.4. The van der Waals surface area contributed by atoms with Crippen LogP contribution in [0.3, 0.4) is 0 Å². The molecule has 0 unspecified atom stereocenters. The van der Waals surface area contributed by atoms with Gasteiger partial charge in [-0.1, -0.05) is 41.9 Å². The van der Waals surface area contributed by atoms with Crippen LogP contribution in [-0.4, -0.2) is 10.2 Å². The molecule has 20 heavy (non-hydrogen) atoms. The Labute approximate surface area is 129 Å². The summed E-state index contributed by atoms with van der Waals surface area (Å²) in [6, 6.07) is 15.6. The molecule has 0 atom stereocenters. The van der Waals surface area contributed by atoms with E-state index in [4.69, 9.17) is 16.3 Å². The van der Waals surface area contributed by atoms with E-state index in [-0.39, 0.29) is 0 Å². The molecule has 0 saturated carbocycles. The van der Waals surface area contributed by atoms with Gasteiger partial charge in [0.05, 0.1) is 4.47 Å². The van der Waals surface area contributed by atoms with E-state index in [1.54, 1.807) is 12.1 Å². The maximum absolute atomic E-state index is 5.78. The number of rotatable bonds is 3. The van der Waals surface area contributed by atoms with Crippen LogP contribution < -0.4 is 4.74 Å². The van der Waals surface area contributed by atoms with Gasteiger partial charge in [0.1, 0.15) is 18.1 Å². The van der Waals surface area contributed by atoms with Crippen molar-refractivity contribution in [3.8, 4) is 5.75 Å². The van der Waals surface area contributed by atoms with Gasteiger partial charge in [0, 0.05) is 0 Å². The first kappa shape index (κ1) is 13.3. The molecule has 3 nitrogen and oxygen atoms in total. The normalized spacial score (nSPS) is 10.7. The molecule has 0 aliphatic heterocycles. The topological polar surface area (TPSA) is 35.0 Å². The Balaban J connectivity index is 1.84. The monoisotopic (exact) mass is 348 g/mol. The minimum Gasteiger partial charge on any atom is -0.486 e. The van der Waals surface area contributed by atoms with Gasteiger partial charge >= 0.3 is 0 Å². The van der Waals surface area contributed by atoms with Gasteiger partial charge in [0.15, 0.2) is 5.15 Å². The Bertz CT molecular complexity index is 746. The van der Waals surface area contributed by atoms with Gasteiger partial charge in [-0.2, -0.15) is 5.10 Å². The summed E-state index contributed by atoms with van der Waals surface area (Å²) in [7, 11) is 0. The minimum atomic E-state index is 0.348. The molecule has 0 fully saturated rings. The van der Waals surface area contributed by atoms with Gasteiger partial charge in [0.25, 0.3) is 0 Å². The Hall–Kier alpha value is -1.65. The summed E-state index contributed by atoms with van der Waals surface area (Å²) in [6.45, 7) is 0.348. The summed E-state index contributed by atoms with van der Waals surface area (Å²) < 4.78 is 6.72. The first-order valence-electron chi connectivity index (χ1n) is 6.02. The molecule has 3 aromatic rings. The highest BCUT2D eigenvalue weighted by molar-refractivity contribution is 9.10. The quantitative estimate of drug-likeness (QED) is 0.692. The van der Waals surface area contributed by atoms with Crippen molar-refractivity contribution in [3.63, 3.8) is 0 Å². The van der Waals surface area contributed by atoms with Gasteiger partial charge in [-0.15, -0.1) is 5.10 Å². The first-order valence-corrected chi connectivity index (χ1v) is 7.19. The third-order valence-electron chi connectivity index (χ3n) is 2.89. The van der Waals surface area contributed by atoms with E-state index in [0.717, 1.165) is 26.7 Å². The Kier molecular flexibility index (Phi) is 3.85. The SMILES string of the molecule is Clc1ccc(COc2ccc3ccccc3c2Br)nn1. The van der Waals surface area contributed by atoms with Crippen molar-refractivity contribution in [2.24, 2.45) is 0 Å². The second kappa shape index (κ2) is 5.77. The predicted molar refractivity (Wildman–Crippen MR) is 83.0 cm³/mol. The molecule has 0 amide bonds. The number of nitrogens with zero attached hydrogens (tertiary/aromatic N) is 2. The van der Waals surface area contributed by atoms with Crippen molar-refractivity contribution in [2.45, 2.75) is 6.61 Å². The summed E-state index contributed by atoms with van der Waals surface area (Å²) in [5.41, 5.74) is 0.731. The smallest absolute Gasteiger partial charge is 0.151 e. The summed E-state index contributed by atoms with van der Waals surface area (Å²) >= 11 is 9.28. The van der Waals surface area contributed by atoms with Crippen LogP contribution in [0.25, 0.3) is 10.8 Å². The zero-order valence-corrected chi connectivity index (χ0v) is 12.7. The predicted octanol–water partition coefficient (Wildman–Crippen LogP) is 4.62. The first-order chi connectivity index (χ1) is 9.74. The molecule has 0 spiro atoms. The number of fused-ring (bicyclic) bond motifs is 1. The number of hydrogen-bond acceptors (Lipinski definition) is 3. The fourth-order valence-electron chi connectivity index (χ4n) is 1.90. The highest BCUT2D eigenvalue weighted by Gasteiger charge is 2.06. The van der Waals surface area contributed by atoms with E-state index < -0.39 is 0 Å². The third-order valence-corrected chi connectivity index (χ3v) is 3.91. The van der Waals surface area contributed by atoms with Crippen LogP contribution in [-0.2, 0) is 6.61 Å². The lowest BCUT2D eigenvalue weighted by atomic mass is 10.1. The summed E-state index contributed by atoms with van der Waals surface area (Å²) in [6.07, 6.45) is 0. The number of halogens is 2. The largest absolute Gasteiger partial charge is 0.486 e. The maximum Gasteiger partial charge on any atom is 0.151 e. The van der Waals surface area contributed by atoms with Crippen LogP contribution in [0.2, 0.25) is 5.15 Å². The maximum atomic E-state index is 5.78. The molecule has 2 aromatic carbocycles. The van der Waals surface area contributed by atoms with Crippen LogP contribution in [0, 0.1) is 0 Å². The molecule has 0 radical (unpaired) electrons. The number of aromatic nitrogens is 2. The van der Waals surface area contributed by atoms with E-state index in [1.807, 2.05) is 30.3 Å². The average molecular weight is 350 g/mol. The number of ether oxygens (including phenoxy) is 1. The van der Waals surface area contributed by atoms with Gasteiger partial charge in [-0.25, -0.2) is 0 Å². The van der Waals surface area contributed by atoms with Crippen LogP contribution in [0.15, 0.2) is 53.0 Å². The zero-order chi connectivity index (χ0) is 13.9. The van der Waals surface area contributed by atoms with Crippen LogP contribution >= 0.6 is 27.5 Å². The lowest BCUT2D eigenvalue weighted by Crippen LogP contribution is -2.00. The van der Waals surface area contributed by atoms with Gasteiger partial charge in [0.2, 0.25) is 0 Å². The highest BCUT2D eigenvalue weighted by atomic mass is 79.9. The van der Waals surface area contributed by atoms with Crippen molar-refractivity contribution in [1.82, 2.24) is 10.2 Å². The molecule has 5 heteroatoms. The van der Waals surface area contributed by atoms with Crippen molar-refractivity contribution < 1.29 is 4.74 Å².